The normalized spacial score (nSPS) is 27.8. The Labute approximate surface area is 209 Å². The van der Waals surface area contributed by atoms with E-state index in [4.69, 9.17) is 5.73 Å². The van der Waals surface area contributed by atoms with E-state index in [1.807, 2.05) is 20.8 Å². The second-order valence-corrected chi connectivity index (χ2v) is 11.8. The van der Waals surface area contributed by atoms with Gasteiger partial charge in [-0.2, -0.15) is 0 Å². The van der Waals surface area contributed by atoms with E-state index in [0.29, 0.717) is 11.3 Å². The van der Waals surface area contributed by atoms with Crippen LogP contribution in [0.5, 0.6) is 5.75 Å². The number of primary amides is 1. The number of carbonyl (C=O) groups excluding carboxylic acids is 6. The highest BCUT2D eigenvalue weighted by Crippen LogP contribution is 2.50. The van der Waals surface area contributed by atoms with Crippen LogP contribution in [0, 0.1) is 35.0 Å². The van der Waals surface area contributed by atoms with Crippen LogP contribution in [0.1, 0.15) is 66.3 Å². The average Bonchev–Trinajstić information content (AvgIpc) is 2.71. The molecule has 0 spiro atoms. The van der Waals surface area contributed by atoms with Crippen LogP contribution >= 0.6 is 0 Å². The Morgan fingerprint density at radius 1 is 1.03 bits per heavy atom. The average molecular weight is 497 g/mol. The molecule has 9 nitrogen and oxygen atoms in total. The second kappa shape index (κ2) is 8.64. The first-order valence-corrected chi connectivity index (χ1v) is 12.2. The van der Waals surface area contributed by atoms with Crippen LogP contribution in [0.25, 0.3) is 0 Å². The maximum Gasteiger partial charge on any atom is 0.235 e. The number of hydrogen-bond acceptors (Lipinski definition) is 8. The van der Waals surface area contributed by atoms with Gasteiger partial charge < -0.3 is 15.7 Å². The van der Waals surface area contributed by atoms with Crippen molar-refractivity contribution in [1.82, 2.24) is 0 Å². The summed E-state index contributed by atoms with van der Waals surface area (Å²) in [5.41, 5.74) is 6.03. The fourth-order valence-electron chi connectivity index (χ4n) is 6.23. The lowest BCUT2D eigenvalue weighted by molar-refractivity contribution is -0.152. The third-order valence-corrected chi connectivity index (χ3v) is 7.67. The fraction of sp³-hybridized carbons (Fsp3) is 0.556. The van der Waals surface area contributed by atoms with E-state index >= 15 is 0 Å². The van der Waals surface area contributed by atoms with E-state index in [2.05, 4.69) is 0 Å². The number of aromatic hydroxyl groups is 1. The number of phenolic OH excluding ortho intramolecular Hbond substituents is 1. The molecule has 0 aromatic heterocycles. The van der Waals surface area contributed by atoms with Gasteiger partial charge in [-0.3, -0.25) is 28.8 Å². The largest absolute Gasteiger partial charge is 0.506 e. The van der Waals surface area contributed by atoms with Crippen molar-refractivity contribution in [2.75, 3.05) is 19.0 Å². The lowest BCUT2D eigenvalue weighted by Crippen LogP contribution is -2.56. The molecular formula is C27H32N2O7. The summed E-state index contributed by atoms with van der Waals surface area (Å²) in [6.45, 7) is 5.68. The molecule has 2 saturated carbocycles. The number of anilines is 1. The Hall–Kier alpha value is -3.36. The van der Waals surface area contributed by atoms with Crippen molar-refractivity contribution in [3.8, 4) is 5.75 Å². The Kier molecular flexibility index (Phi) is 6.17. The lowest BCUT2D eigenvalue weighted by atomic mass is 9.56. The highest BCUT2D eigenvalue weighted by molar-refractivity contribution is 6.28. The van der Waals surface area contributed by atoms with Gasteiger partial charge in [0.15, 0.2) is 34.8 Å². The summed E-state index contributed by atoms with van der Waals surface area (Å²) >= 11 is 0. The molecule has 0 aliphatic heterocycles. The van der Waals surface area contributed by atoms with Crippen LogP contribution < -0.4 is 10.6 Å². The van der Waals surface area contributed by atoms with Gasteiger partial charge in [-0.15, -0.1) is 0 Å². The first kappa shape index (κ1) is 25.7. The maximum absolute atomic E-state index is 13.8. The molecule has 4 rings (SSSR count). The Bertz CT molecular complexity index is 1220. The van der Waals surface area contributed by atoms with Crippen molar-refractivity contribution < 1.29 is 33.9 Å². The summed E-state index contributed by atoms with van der Waals surface area (Å²) < 4.78 is 0. The quantitative estimate of drug-likeness (QED) is 0.474. The predicted molar refractivity (Wildman–Crippen MR) is 130 cm³/mol. The third kappa shape index (κ3) is 4.04. The van der Waals surface area contributed by atoms with Crippen LogP contribution in [0.15, 0.2) is 6.07 Å². The van der Waals surface area contributed by atoms with Gasteiger partial charge in [0.05, 0.1) is 23.0 Å². The summed E-state index contributed by atoms with van der Waals surface area (Å²) in [7, 11) is 3.54. The van der Waals surface area contributed by atoms with Gasteiger partial charge in [0.2, 0.25) is 5.91 Å². The van der Waals surface area contributed by atoms with Crippen molar-refractivity contribution in [3.05, 3.63) is 22.8 Å². The topological polar surface area (TPSA) is 152 Å². The number of amides is 1. The molecule has 3 aliphatic carbocycles. The number of fused-ring (bicyclic) bond motifs is 3. The molecule has 3 N–H and O–H groups in total. The predicted octanol–water partition coefficient (Wildman–Crippen LogP) is 1.90. The van der Waals surface area contributed by atoms with Crippen LogP contribution in [0.4, 0.5) is 5.69 Å². The lowest BCUT2D eigenvalue weighted by Gasteiger charge is -2.44. The first-order chi connectivity index (χ1) is 16.6. The monoisotopic (exact) mass is 496 g/mol. The van der Waals surface area contributed by atoms with Gasteiger partial charge in [0.25, 0.3) is 0 Å². The second-order valence-electron chi connectivity index (χ2n) is 11.8. The molecule has 0 bridgehead atoms. The molecule has 1 amide bonds. The summed E-state index contributed by atoms with van der Waals surface area (Å²) in [4.78, 5) is 79.4. The standard InChI is InChI=1S/C27H32N2O7/c1-27(2,3)10-17(31)14-9-15(29(4)5)13-7-11-6-12-8-16(30)21(26(28)36)25(35)19(12)23(33)18(11)24(34)20(13)22(14)32/h9,11-12,18-19,21,32H,6-8,10H2,1-5H3,(H2,28,36). The van der Waals surface area contributed by atoms with Crippen molar-refractivity contribution in [3.63, 3.8) is 0 Å². The SMILES string of the molecule is CN(C)c1cc(C(=O)CC(C)(C)C)c(O)c2c1CC1CC3CC(=O)C(C(N)=O)C(=O)C3C(=O)C1C2=O. The Morgan fingerprint density at radius 3 is 2.19 bits per heavy atom. The molecular weight excluding hydrogens is 464 g/mol. The number of Topliss-reactive ketones (excluding diaryl/α,β-unsaturated/α-hetero) is 5. The molecule has 9 heteroatoms. The van der Waals surface area contributed by atoms with E-state index in [1.165, 1.54) is 0 Å². The highest BCUT2D eigenvalue weighted by atomic mass is 16.3. The van der Waals surface area contributed by atoms with Crippen molar-refractivity contribution >= 4 is 40.5 Å². The van der Waals surface area contributed by atoms with E-state index in [1.54, 1.807) is 25.1 Å². The minimum absolute atomic E-state index is 0.0217. The number of nitrogens with two attached hydrogens (primary N) is 1. The molecule has 2 fully saturated rings. The van der Waals surface area contributed by atoms with Crippen molar-refractivity contribution in [2.45, 2.75) is 46.5 Å². The number of carbonyl (C=O) groups is 6. The molecule has 1 aromatic rings. The molecule has 192 valence electrons. The maximum atomic E-state index is 13.8. The molecule has 0 saturated heterocycles. The van der Waals surface area contributed by atoms with Gasteiger partial charge in [-0.1, -0.05) is 20.8 Å². The van der Waals surface area contributed by atoms with Gasteiger partial charge in [-0.05, 0) is 41.7 Å². The van der Waals surface area contributed by atoms with Gasteiger partial charge in [-0.25, -0.2) is 0 Å². The number of benzene rings is 1. The zero-order valence-electron chi connectivity index (χ0n) is 21.2. The smallest absolute Gasteiger partial charge is 0.235 e. The summed E-state index contributed by atoms with van der Waals surface area (Å²) in [5, 5.41) is 11.1. The fourth-order valence-corrected chi connectivity index (χ4v) is 6.23. The Balaban J connectivity index is 1.81. The van der Waals surface area contributed by atoms with Crippen molar-refractivity contribution in [2.24, 2.45) is 40.7 Å². The number of hydrogen-bond donors (Lipinski definition) is 2. The molecule has 3 aliphatic rings. The number of rotatable bonds is 4. The number of phenols is 1. The van der Waals surface area contributed by atoms with E-state index < -0.39 is 64.4 Å². The molecule has 1 aromatic carbocycles. The molecule has 5 unspecified atom stereocenters. The van der Waals surface area contributed by atoms with Crippen LogP contribution in [-0.2, 0) is 25.6 Å². The molecule has 36 heavy (non-hydrogen) atoms. The first-order valence-electron chi connectivity index (χ1n) is 12.2. The van der Waals surface area contributed by atoms with E-state index in [-0.39, 0.29) is 48.0 Å². The van der Waals surface area contributed by atoms with Gasteiger partial charge in [0, 0.05) is 32.6 Å². The van der Waals surface area contributed by atoms with Crippen LogP contribution in [0.2, 0.25) is 0 Å². The zero-order valence-corrected chi connectivity index (χ0v) is 21.2. The number of nitrogens with zero attached hydrogens (tertiary/aromatic N) is 1. The minimum Gasteiger partial charge on any atom is -0.506 e. The zero-order chi connectivity index (χ0) is 26.9. The molecule has 0 radical (unpaired) electrons. The van der Waals surface area contributed by atoms with Gasteiger partial charge >= 0.3 is 0 Å². The van der Waals surface area contributed by atoms with Crippen LogP contribution in [-0.4, -0.2) is 54.0 Å². The van der Waals surface area contributed by atoms with Crippen molar-refractivity contribution in [1.29, 1.82) is 0 Å². The summed E-state index contributed by atoms with van der Waals surface area (Å²) in [6, 6.07) is 1.59. The number of ketones is 5. The Morgan fingerprint density at radius 2 is 1.64 bits per heavy atom. The minimum atomic E-state index is -1.67. The molecule has 5 atom stereocenters. The van der Waals surface area contributed by atoms with Crippen LogP contribution in [0.3, 0.4) is 0 Å². The molecule has 0 heterocycles. The highest BCUT2D eigenvalue weighted by Gasteiger charge is 2.57. The third-order valence-electron chi connectivity index (χ3n) is 7.67. The van der Waals surface area contributed by atoms with Gasteiger partial charge in [0.1, 0.15) is 5.75 Å². The summed E-state index contributed by atoms with van der Waals surface area (Å²) in [5.74, 6) is -9.71. The van der Waals surface area contributed by atoms with E-state index in [9.17, 15) is 33.9 Å². The van der Waals surface area contributed by atoms with E-state index in [0.717, 1.165) is 0 Å². The summed E-state index contributed by atoms with van der Waals surface area (Å²) in [6.07, 6.45) is 0.586.